The van der Waals surface area contributed by atoms with Gasteiger partial charge in [0.05, 0.1) is 0 Å². The van der Waals surface area contributed by atoms with Crippen molar-refractivity contribution in [3.8, 4) is 0 Å². The summed E-state index contributed by atoms with van der Waals surface area (Å²) in [5, 5.41) is 0. The predicted molar refractivity (Wildman–Crippen MR) is 156 cm³/mol. The molecule has 0 saturated heterocycles. The standard InChI is InChI=1S/C11H26O4Si3.C3H16O7Si6/c1-10(2)11(12)13-18(9,14-16(3,4)5)15-17(6,7)8;1-2-3(4)5-12-7-14-9-16-10-15-8-13-6-11/h1H2,2-9H3;2H,1,12-16H2,11H3. The molecule has 0 atom stereocenters. The Balaban J connectivity index is 0. The van der Waals surface area contributed by atoms with E-state index in [4.69, 9.17) is 37.7 Å². The van der Waals surface area contributed by atoms with Crippen molar-refractivity contribution in [3.63, 3.8) is 0 Å². The summed E-state index contributed by atoms with van der Waals surface area (Å²) in [4.78, 5) is 22.3. The molecule has 0 aromatic carbocycles. The molecule has 20 heteroatoms. The number of carbonyl (C=O) groups excluding carboxylic acids is 2. The minimum atomic E-state index is -2.93. The van der Waals surface area contributed by atoms with Crippen molar-refractivity contribution in [2.45, 2.75) is 52.8 Å². The minimum Gasteiger partial charge on any atom is -0.497 e. The summed E-state index contributed by atoms with van der Waals surface area (Å²) < 4.78 is 48.0. The Morgan fingerprint density at radius 1 is 0.794 bits per heavy atom. The van der Waals surface area contributed by atoms with Gasteiger partial charge in [0.2, 0.25) is 0 Å². The van der Waals surface area contributed by atoms with Gasteiger partial charge in [-0.2, -0.15) is 0 Å². The van der Waals surface area contributed by atoms with Crippen molar-refractivity contribution < 1.29 is 47.2 Å². The first-order chi connectivity index (χ1) is 15.5. The van der Waals surface area contributed by atoms with Gasteiger partial charge in [0, 0.05) is 18.2 Å². The highest BCUT2D eigenvalue weighted by Crippen LogP contribution is 2.22. The average Bonchev–Trinajstić information content (AvgIpc) is 2.66. The van der Waals surface area contributed by atoms with E-state index in [-0.39, 0.29) is 0 Å². The third-order valence-electron chi connectivity index (χ3n) is 2.76. The first-order valence-corrected chi connectivity index (χ1v) is 26.1. The Morgan fingerprint density at radius 2 is 1.21 bits per heavy atom. The van der Waals surface area contributed by atoms with Crippen LogP contribution in [-0.2, 0) is 47.2 Å². The maximum absolute atomic E-state index is 11.7. The molecule has 0 aliphatic heterocycles. The molecule has 0 saturated carbocycles. The molecule has 0 rings (SSSR count). The molecule has 0 aliphatic carbocycles. The van der Waals surface area contributed by atoms with Gasteiger partial charge < -0.3 is 37.7 Å². The molecule has 0 amide bonds. The van der Waals surface area contributed by atoms with E-state index >= 15 is 0 Å². The summed E-state index contributed by atoms with van der Waals surface area (Å²) in [7, 11) is -10.8. The summed E-state index contributed by atoms with van der Waals surface area (Å²) in [6.45, 7) is 22.6. The van der Waals surface area contributed by atoms with Crippen molar-refractivity contribution in [2.75, 3.05) is 0 Å². The topological polar surface area (TPSA) is 117 Å². The lowest BCUT2D eigenvalue weighted by molar-refractivity contribution is -0.133. The third kappa shape index (κ3) is 25.2. The first kappa shape index (κ1) is 36.2. The van der Waals surface area contributed by atoms with Crippen LogP contribution < -0.4 is 0 Å². The maximum atomic E-state index is 11.7. The highest BCUT2D eigenvalue weighted by atomic mass is 28.5. The van der Waals surface area contributed by atoms with Crippen LogP contribution in [-0.4, -0.2) is 97.9 Å². The Kier molecular flexibility index (Phi) is 20.5. The molecule has 0 fully saturated rings. The minimum absolute atomic E-state index is 0.368. The zero-order valence-corrected chi connectivity index (χ0v) is 34.1. The van der Waals surface area contributed by atoms with Crippen LogP contribution in [0, 0.1) is 0 Å². The molecular weight excluding hydrogens is 597 g/mol. The van der Waals surface area contributed by atoms with Crippen LogP contribution in [0.5, 0.6) is 0 Å². The second-order valence-corrected chi connectivity index (χ2v) is 31.1. The Morgan fingerprint density at radius 3 is 1.56 bits per heavy atom. The Bertz CT molecular complexity index is 609. The largest absolute Gasteiger partial charge is 0.543 e. The quantitative estimate of drug-likeness (QED) is 0.0952. The maximum Gasteiger partial charge on any atom is 0.543 e. The van der Waals surface area contributed by atoms with Gasteiger partial charge in [0.25, 0.3) is 40.0 Å². The molecular formula is C14H42O11Si9. The molecule has 0 bridgehead atoms. The van der Waals surface area contributed by atoms with E-state index in [1.54, 1.807) is 13.5 Å². The molecule has 0 unspecified atom stereocenters. The lowest BCUT2D eigenvalue weighted by Gasteiger charge is -2.36. The number of hydrogen-bond acceptors (Lipinski definition) is 11. The van der Waals surface area contributed by atoms with E-state index in [0.717, 1.165) is 16.6 Å². The van der Waals surface area contributed by atoms with Crippen molar-refractivity contribution in [3.05, 3.63) is 24.8 Å². The van der Waals surface area contributed by atoms with Crippen LogP contribution >= 0.6 is 0 Å². The lowest BCUT2D eigenvalue weighted by atomic mass is 10.4. The molecule has 0 N–H and O–H groups in total. The van der Waals surface area contributed by atoms with Gasteiger partial charge in [-0.05, 0) is 46.2 Å². The molecule has 0 heterocycles. The van der Waals surface area contributed by atoms with E-state index in [9.17, 15) is 9.59 Å². The molecule has 200 valence electrons. The number of carbonyl (C=O) groups is 2. The van der Waals surface area contributed by atoms with Crippen LogP contribution in [0.15, 0.2) is 24.8 Å². The molecule has 11 nitrogen and oxygen atoms in total. The fourth-order valence-corrected chi connectivity index (χ4v) is 20.7. The molecule has 0 aliphatic rings. The normalized spacial score (nSPS) is 13.6. The fraction of sp³-hybridized carbons (Fsp3) is 0.571. The number of hydrogen-bond donors (Lipinski definition) is 0. The van der Waals surface area contributed by atoms with Crippen LogP contribution in [0.2, 0.25) is 45.8 Å². The fourth-order valence-electron chi connectivity index (χ4n) is 1.99. The SMILES string of the molecule is C=C(C)C(=O)O[Si](C)(O[Si](C)(C)C)O[Si](C)(C)C.C=CC(=O)O[SiH2]O[SiH2]O[SiH2]O[SiH2]O[SiH2]O[SiH3]. The van der Waals surface area contributed by atoms with E-state index < -0.39 is 87.4 Å². The van der Waals surface area contributed by atoms with E-state index in [2.05, 4.69) is 52.4 Å². The molecule has 0 aromatic heterocycles. The zero-order valence-electron chi connectivity index (χ0n) is 22.0. The molecule has 0 spiro atoms. The predicted octanol–water partition coefficient (Wildman–Crippen LogP) is -2.55. The van der Waals surface area contributed by atoms with Crippen LogP contribution in [0.3, 0.4) is 0 Å². The summed E-state index contributed by atoms with van der Waals surface area (Å²) in [6, 6.07) is 0. The molecule has 0 aromatic rings. The van der Waals surface area contributed by atoms with Crippen LogP contribution in [0.1, 0.15) is 6.92 Å². The third-order valence-corrected chi connectivity index (χ3v) is 17.9. The summed E-state index contributed by atoms with van der Waals surface area (Å²) in [5.41, 5.74) is 0.368. The van der Waals surface area contributed by atoms with Gasteiger partial charge in [-0.15, -0.1) is 0 Å². The average molecular weight is 639 g/mol. The molecule has 34 heavy (non-hydrogen) atoms. The van der Waals surface area contributed by atoms with Gasteiger partial charge in [-0.3, -0.25) is 0 Å². The van der Waals surface area contributed by atoms with E-state index in [1.807, 2.05) is 0 Å². The first-order valence-electron chi connectivity index (χ1n) is 10.4. The van der Waals surface area contributed by atoms with Crippen LogP contribution in [0.4, 0.5) is 0 Å². The number of rotatable bonds is 17. The second kappa shape index (κ2) is 19.2. The van der Waals surface area contributed by atoms with E-state index in [0.29, 0.717) is 5.57 Å². The van der Waals surface area contributed by atoms with Crippen molar-refractivity contribution in [2.24, 2.45) is 0 Å². The lowest BCUT2D eigenvalue weighted by Crippen LogP contribution is -2.55. The van der Waals surface area contributed by atoms with Crippen molar-refractivity contribution in [1.29, 1.82) is 0 Å². The van der Waals surface area contributed by atoms with Crippen molar-refractivity contribution in [1.82, 2.24) is 0 Å². The van der Waals surface area contributed by atoms with Gasteiger partial charge in [0.15, 0.2) is 16.6 Å². The summed E-state index contributed by atoms with van der Waals surface area (Å²) in [5.74, 6) is -0.872. The highest BCUT2D eigenvalue weighted by Gasteiger charge is 2.46. The van der Waals surface area contributed by atoms with E-state index in [1.165, 1.54) is 0 Å². The molecule has 0 radical (unpaired) electrons. The van der Waals surface area contributed by atoms with Gasteiger partial charge in [0.1, 0.15) is 10.5 Å². The Labute approximate surface area is 222 Å². The van der Waals surface area contributed by atoms with Crippen molar-refractivity contribution >= 4 is 97.9 Å². The van der Waals surface area contributed by atoms with Crippen LogP contribution in [0.25, 0.3) is 0 Å². The highest BCUT2D eigenvalue weighted by molar-refractivity contribution is 6.85. The zero-order chi connectivity index (χ0) is 26.8. The van der Waals surface area contributed by atoms with Gasteiger partial charge >= 0.3 is 30.7 Å². The Hall–Kier alpha value is 0.0919. The van der Waals surface area contributed by atoms with Gasteiger partial charge in [-0.25, -0.2) is 9.59 Å². The summed E-state index contributed by atoms with van der Waals surface area (Å²) >= 11 is 0. The summed E-state index contributed by atoms with van der Waals surface area (Å²) in [6.07, 6.45) is 1.11. The monoisotopic (exact) mass is 638 g/mol. The second-order valence-electron chi connectivity index (χ2n) is 8.82. The smallest absolute Gasteiger partial charge is 0.497 e. The van der Waals surface area contributed by atoms with Gasteiger partial charge in [-0.1, -0.05) is 13.2 Å².